The SMILES string of the molecule is CCC(CC)C(=O)CNc1ccc(F)cn1. The van der Waals surface area contributed by atoms with E-state index in [0.717, 1.165) is 19.0 Å². The standard InChI is InChI=1S/C12H17FN2O/c1-3-9(4-2)11(16)8-15-12-6-5-10(13)7-14-12/h5-7,9H,3-4,8H2,1-2H3,(H,14,15). The molecule has 0 saturated carbocycles. The highest BCUT2D eigenvalue weighted by atomic mass is 19.1. The normalized spacial score (nSPS) is 10.5. The maximum absolute atomic E-state index is 12.6. The molecule has 0 atom stereocenters. The Labute approximate surface area is 95.1 Å². The van der Waals surface area contributed by atoms with Crippen molar-refractivity contribution in [2.45, 2.75) is 26.7 Å². The summed E-state index contributed by atoms with van der Waals surface area (Å²) in [6.07, 6.45) is 2.84. The number of nitrogens with zero attached hydrogens (tertiary/aromatic N) is 1. The van der Waals surface area contributed by atoms with Crippen LogP contribution in [0.5, 0.6) is 0 Å². The number of Topliss-reactive ketones (excluding diaryl/α,β-unsaturated/α-hetero) is 1. The first-order valence-corrected chi connectivity index (χ1v) is 5.55. The third-order valence-corrected chi connectivity index (χ3v) is 2.61. The summed E-state index contributed by atoms with van der Waals surface area (Å²) in [4.78, 5) is 15.5. The number of hydrogen-bond donors (Lipinski definition) is 1. The molecule has 0 saturated heterocycles. The molecule has 1 aromatic rings. The van der Waals surface area contributed by atoms with E-state index in [2.05, 4.69) is 10.3 Å². The monoisotopic (exact) mass is 224 g/mol. The largest absolute Gasteiger partial charge is 0.363 e. The van der Waals surface area contributed by atoms with Gasteiger partial charge in [-0.05, 0) is 25.0 Å². The first kappa shape index (κ1) is 12.6. The molecule has 0 amide bonds. The van der Waals surface area contributed by atoms with Gasteiger partial charge in [-0.1, -0.05) is 13.8 Å². The highest BCUT2D eigenvalue weighted by Crippen LogP contribution is 2.09. The van der Waals surface area contributed by atoms with Crippen LogP contribution >= 0.6 is 0 Å². The number of carbonyl (C=O) groups is 1. The van der Waals surface area contributed by atoms with Crippen molar-refractivity contribution in [2.75, 3.05) is 11.9 Å². The molecule has 88 valence electrons. The van der Waals surface area contributed by atoms with Gasteiger partial charge in [-0.2, -0.15) is 0 Å². The van der Waals surface area contributed by atoms with Crippen LogP contribution in [0, 0.1) is 11.7 Å². The van der Waals surface area contributed by atoms with Gasteiger partial charge in [0, 0.05) is 5.92 Å². The van der Waals surface area contributed by atoms with Crippen molar-refractivity contribution in [3.8, 4) is 0 Å². The Morgan fingerprint density at radius 2 is 2.12 bits per heavy atom. The number of rotatable bonds is 6. The predicted molar refractivity (Wildman–Crippen MR) is 61.8 cm³/mol. The van der Waals surface area contributed by atoms with Crippen LogP contribution in [0.1, 0.15) is 26.7 Å². The maximum atomic E-state index is 12.6. The fourth-order valence-corrected chi connectivity index (χ4v) is 1.55. The third kappa shape index (κ3) is 3.61. The van der Waals surface area contributed by atoms with E-state index in [9.17, 15) is 9.18 Å². The first-order chi connectivity index (χ1) is 7.67. The number of halogens is 1. The number of hydrogen-bond acceptors (Lipinski definition) is 3. The quantitative estimate of drug-likeness (QED) is 0.807. The molecule has 16 heavy (non-hydrogen) atoms. The van der Waals surface area contributed by atoms with E-state index >= 15 is 0 Å². The summed E-state index contributed by atoms with van der Waals surface area (Å²) in [5.74, 6) is 0.432. The third-order valence-electron chi connectivity index (χ3n) is 2.61. The summed E-state index contributed by atoms with van der Waals surface area (Å²) < 4.78 is 12.6. The summed E-state index contributed by atoms with van der Waals surface area (Å²) in [6, 6.07) is 2.84. The lowest BCUT2D eigenvalue weighted by molar-refractivity contribution is -0.121. The van der Waals surface area contributed by atoms with Gasteiger partial charge in [0.2, 0.25) is 0 Å². The second-order valence-electron chi connectivity index (χ2n) is 3.69. The summed E-state index contributed by atoms with van der Waals surface area (Å²) in [5, 5.41) is 2.89. The molecule has 0 fully saturated rings. The summed E-state index contributed by atoms with van der Waals surface area (Å²) in [6.45, 7) is 4.26. The first-order valence-electron chi connectivity index (χ1n) is 5.55. The highest BCUT2D eigenvalue weighted by Gasteiger charge is 2.13. The van der Waals surface area contributed by atoms with Crippen molar-refractivity contribution in [2.24, 2.45) is 5.92 Å². The number of carbonyl (C=O) groups excluding carboxylic acids is 1. The minimum atomic E-state index is -0.378. The van der Waals surface area contributed by atoms with Gasteiger partial charge in [0.05, 0.1) is 12.7 Å². The molecule has 1 aromatic heterocycles. The zero-order valence-corrected chi connectivity index (χ0v) is 9.66. The van der Waals surface area contributed by atoms with Crippen LogP contribution in [0.15, 0.2) is 18.3 Å². The lowest BCUT2D eigenvalue weighted by Gasteiger charge is -2.11. The van der Waals surface area contributed by atoms with Gasteiger partial charge >= 0.3 is 0 Å². The van der Waals surface area contributed by atoms with Gasteiger partial charge in [-0.3, -0.25) is 4.79 Å². The number of aromatic nitrogens is 1. The fraction of sp³-hybridized carbons (Fsp3) is 0.500. The van der Waals surface area contributed by atoms with Gasteiger partial charge < -0.3 is 5.32 Å². The number of pyridine rings is 1. The van der Waals surface area contributed by atoms with Gasteiger partial charge in [0.1, 0.15) is 11.6 Å². The van der Waals surface area contributed by atoms with Crippen molar-refractivity contribution in [1.82, 2.24) is 4.98 Å². The zero-order valence-electron chi connectivity index (χ0n) is 9.66. The summed E-state index contributed by atoms with van der Waals surface area (Å²) in [5.41, 5.74) is 0. The topological polar surface area (TPSA) is 42.0 Å². The minimum absolute atomic E-state index is 0.105. The smallest absolute Gasteiger partial charge is 0.154 e. The molecule has 1 heterocycles. The summed E-state index contributed by atoms with van der Waals surface area (Å²) in [7, 11) is 0. The van der Waals surface area contributed by atoms with Gasteiger partial charge in [-0.25, -0.2) is 9.37 Å². The summed E-state index contributed by atoms with van der Waals surface area (Å²) >= 11 is 0. The van der Waals surface area contributed by atoms with Crippen LogP contribution in [0.3, 0.4) is 0 Å². The molecule has 0 unspecified atom stereocenters. The van der Waals surface area contributed by atoms with Gasteiger partial charge in [-0.15, -0.1) is 0 Å². The molecule has 0 aromatic carbocycles. The van der Waals surface area contributed by atoms with Gasteiger partial charge in [0.15, 0.2) is 5.78 Å². The van der Waals surface area contributed by atoms with E-state index in [1.54, 1.807) is 0 Å². The average Bonchev–Trinajstić information content (AvgIpc) is 2.30. The van der Waals surface area contributed by atoms with Gasteiger partial charge in [0.25, 0.3) is 0 Å². The highest BCUT2D eigenvalue weighted by molar-refractivity contribution is 5.84. The number of anilines is 1. The van der Waals surface area contributed by atoms with E-state index < -0.39 is 0 Å². The van der Waals surface area contributed by atoms with Crippen molar-refractivity contribution in [3.05, 3.63) is 24.1 Å². The molecule has 1 rings (SSSR count). The zero-order chi connectivity index (χ0) is 12.0. The molecule has 4 heteroatoms. The molecular formula is C12H17FN2O. The van der Waals surface area contributed by atoms with Crippen LogP contribution in [-0.2, 0) is 4.79 Å². The number of ketones is 1. The van der Waals surface area contributed by atoms with E-state index in [4.69, 9.17) is 0 Å². The lowest BCUT2D eigenvalue weighted by Crippen LogP contribution is -2.22. The van der Waals surface area contributed by atoms with Crippen molar-refractivity contribution in [3.63, 3.8) is 0 Å². The van der Waals surface area contributed by atoms with Crippen LogP contribution in [0.2, 0.25) is 0 Å². The Hall–Kier alpha value is -1.45. The maximum Gasteiger partial charge on any atom is 0.154 e. The Morgan fingerprint density at radius 1 is 1.44 bits per heavy atom. The van der Waals surface area contributed by atoms with Crippen LogP contribution in [0.25, 0.3) is 0 Å². The average molecular weight is 224 g/mol. The van der Waals surface area contributed by atoms with Crippen molar-refractivity contribution >= 4 is 11.6 Å². The van der Waals surface area contributed by atoms with E-state index in [-0.39, 0.29) is 24.1 Å². The molecule has 0 spiro atoms. The molecule has 1 N–H and O–H groups in total. The Balaban J connectivity index is 2.45. The molecule has 0 aliphatic carbocycles. The molecule has 0 aliphatic rings. The molecule has 0 radical (unpaired) electrons. The Bertz CT molecular complexity index is 333. The second-order valence-corrected chi connectivity index (χ2v) is 3.69. The predicted octanol–water partition coefficient (Wildman–Crippen LogP) is 2.64. The molecule has 0 aliphatic heterocycles. The van der Waals surface area contributed by atoms with Crippen molar-refractivity contribution < 1.29 is 9.18 Å². The number of nitrogens with one attached hydrogen (secondary N) is 1. The lowest BCUT2D eigenvalue weighted by atomic mass is 9.98. The second kappa shape index (κ2) is 6.20. The van der Waals surface area contributed by atoms with Crippen LogP contribution < -0.4 is 5.32 Å². The van der Waals surface area contributed by atoms with Crippen LogP contribution in [0.4, 0.5) is 10.2 Å². The molecular weight excluding hydrogens is 207 g/mol. The molecule has 0 bridgehead atoms. The van der Waals surface area contributed by atoms with E-state index in [1.165, 1.54) is 12.1 Å². The fourth-order valence-electron chi connectivity index (χ4n) is 1.55. The Morgan fingerprint density at radius 3 is 2.62 bits per heavy atom. The van der Waals surface area contributed by atoms with Crippen molar-refractivity contribution in [1.29, 1.82) is 0 Å². The minimum Gasteiger partial charge on any atom is -0.363 e. The van der Waals surface area contributed by atoms with Crippen LogP contribution in [-0.4, -0.2) is 17.3 Å². The van der Waals surface area contributed by atoms with E-state index in [0.29, 0.717) is 5.82 Å². The Kier molecular flexibility index (Phi) is 4.89. The molecule has 3 nitrogen and oxygen atoms in total. The van der Waals surface area contributed by atoms with E-state index in [1.807, 2.05) is 13.8 Å².